The number of ether oxygens (including phenoxy) is 2. The lowest BCUT2D eigenvalue weighted by molar-refractivity contribution is 0.155. The van der Waals surface area contributed by atoms with Gasteiger partial charge in [-0.15, -0.1) is 0 Å². The largest absolute Gasteiger partial charge is 0.497 e. The van der Waals surface area contributed by atoms with Gasteiger partial charge in [-0.2, -0.15) is 0 Å². The Morgan fingerprint density at radius 1 is 0.909 bits per heavy atom. The molecule has 3 aromatic rings. The van der Waals surface area contributed by atoms with Crippen molar-refractivity contribution in [1.82, 2.24) is 4.90 Å². The first kappa shape index (κ1) is 22.2. The Balaban J connectivity index is 1.33. The minimum absolute atomic E-state index is 0.0277. The molecule has 0 bridgehead atoms. The predicted octanol–water partition coefficient (Wildman–Crippen LogP) is 5.28. The second-order valence-electron chi connectivity index (χ2n) is 7.79. The van der Waals surface area contributed by atoms with Crippen molar-refractivity contribution >= 4 is 23.5 Å². The van der Waals surface area contributed by atoms with Crippen LogP contribution in [0.3, 0.4) is 0 Å². The van der Waals surface area contributed by atoms with Crippen molar-refractivity contribution < 1.29 is 19.1 Å². The van der Waals surface area contributed by atoms with E-state index in [-0.39, 0.29) is 12.6 Å². The Labute approximate surface area is 193 Å². The first-order valence-corrected chi connectivity index (χ1v) is 10.9. The van der Waals surface area contributed by atoms with Gasteiger partial charge in [0.25, 0.3) is 0 Å². The summed E-state index contributed by atoms with van der Waals surface area (Å²) in [5.74, 6) is 0.794. The molecule has 0 unspecified atom stereocenters. The molecule has 1 N–H and O–H groups in total. The number of hydrogen-bond acceptors (Lipinski definition) is 4. The van der Waals surface area contributed by atoms with E-state index < -0.39 is 6.09 Å². The molecule has 33 heavy (non-hydrogen) atoms. The Hall–Kier alpha value is -4.00. The van der Waals surface area contributed by atoms with Gasteiger partial charge < -0.3 is 14.4 Å². The number of carbonyl (C=O) groups is 2. The molecule has 0 radical (unpaired) electrons. The van der Waals surface area contributed by atoms with Gasteiger partial charge in [0.15, 0.2) is 0 Å². The summed E-state index contributed by atoms with van der Waals surface area (Å²) in [6.45, 7) is 2.13. The second-order valence-corrected chi connectivity index (χ2v) is 7.79. The third-order valence-corrected chi connectivity index (χ3v) is 5.48. The molecule has 0 spiro atoms. The number of anilines is 2. The van der Waals surface area contributed by atoms with Crippen molar-refractivity contribution in [2.45, 2.75) is 19.6 Å². The number of rotatable bonds is 7. The number of nitrogens with one attached hydrogen (secondary N) is 1. The zero-order valence-electron chi connectivity index (χ0n) is 18.6. The molecule has 0 aliphatic carbocycles. The van der Waals surface area contributed by atoms with Crippen LogP contribution in [0, 0.1) is 0 Å². The maximum absolute atomic E-state index is 13.1. The molecule has 0 atom stereocenters. The molecule has 7 nitrogen and oxygen atoms in total. The first-order chi connectivity index (χ1) is 16.1. The smallest absolute Gasteiger partial charge is 0.411 e. The van der Waals surface area contributed by atoms with Gasteiger partial charge in [-0.1, -0.05) is 42.5 Å². The van der Waals surface area contributed by atoms with Gasteiger partial charge in [0.1, 0.15) is 12.4 Å². The summed E-state index contributed by atoms with van der Waals surface area (Å²) in [4.78, 5) is 28.8. The summed E-state index contributed by atoms with van der Waals surface area (Å²) >= 11 is 0. The average Bonchev–Trinajstić information content (AvgIpc) is 2.86. The Kier molecular flexibility index (Phi) is 7.09. The van der Waals surface area contributed by atoms with E-state index in [0.29, 0.717) is 25.3 Å². The number of hydrogen-bond donors (Lipinski definition) is 1. The van der Waals surface area contributed by atoms with E-state index in [2.05, 4.69) is 5.32 Å². The molecule has 4 rings (SSSR count). The molecule has 1 aliphatic rings. The van der Waals surface area contributed by atoms with E-state index in [4.69, 9.17) is 9.47 Å². The lowest BCUT2D eigenvalue weighted by Gasteiger charge is -2.35. The van der Waals surface area contributed by atoms with E-state index in [9.17, 15) is 9.59 Å². The lowest BCUT2D eigenvalue weighted by Crippen LogP contribution is -2.49. The molecule has 1 aliphatic heterocycles. The minimum atomic E-state index is -0.522. The highest BCUT2D eigenvalue weighted by Gasteiger charge is 2.26. The fourth-order valence-corrected chi connectivity index (χ4v) is 3.72. The third kappa shape index (κ3) is 5.83. The third-order valence-electron chi connectivity index (χ3n) is 5.48. The van der Waals surface area contributed by atoms with Crippen LogP contribution in [0.25, 0.3) is 0 Å². The van der Waals surface area contributed by atoms with E-state index >= 15 is 0 Å². The molecule has 0 saturated carbocycles. The monoisotopic (exact) mass is 445 g/mol. The van der Waals surface area contributed by atoms with Crippen LogP contribution < -0.4 is 15.0 Å². The van der Waals surface area contributed by atoms with Crippen LogP contribution in [0.2, 0.25) is 0 Å². The van der Waals surface area contributed by atoms with E-state index in [1.807, 2.05) is 71.6 Å². The van der Waals surface area contributed by atoms with Gasteiger partial charge in [0.2, 0.25) is 0 Å². The van der Waals surface area contributed by atoms with E-state index in [0.717, 1.165) is 29.0 Å². The van der Waals surface area contributed by atoms with Gasteiger partial charge in [0, 0.05) is 31.0 Å². The van der Waals surface area contributed by atoms with Crippen molar-refractivity contribution in [3.8, 4) is 5.75 Å². The van der Waals surface area contributed by atoms with Gasteiger partial charge in [-0.3, -0.25) is 10.2 Å². The summed E-state index contributed by atoms with van der Waals surface area (Å²) in [5.41, 5.74) is 3.38. The van der Waals surface area contributed by atoms with Gasteiger partial charge in [0.05, 0.1) is 7.11 Å². The van der Waals surface area contributed by atoms with Gasteiger partial charge in [-0.05, 0) is 53.9 Å². The first-order valence-electron chi connectivity index (χ1n) is 10.9. The van der Waals surface area contributed by atoms with Crippen LogP contribution in [-0.4, -0.2) is 37.2 Å². The molecule has 1 fully saturated rings. The zero-order chi connectivity index (χ0) is 23.0. The molecular formula is C26H27N3O4. The highest BCUT2D eigenvalue weighted by atomic mass is 16.5. The molecule has 3 amide bonds. The van der Waals surface area contributed by atoms with Crippen molar-refractivity contribution in [2.75, 3.05) is 30.4 Å². The van der Waals surface area contributed by atoms with E-state index in [1.165, 1.54) is 0 Å². The maximum atomic E-state index is 13.1. The minimum Gasteiger partial charge on any atom is -0.497 e. The van der Waals surface area contributed by atoms with E-state index in [1.54, 1.807) is 24.1 Å². The number of carbonyl (C=O) groups excluding carboxylic acids is 2. The van der Waals surface area contributed by atoms with Crippen LogP contribution in [0.4, 0.5) is 21.0 Å². The maximum Gasteiger partial charge on any atom is 0.411 e. The predicted molar refractivity (Wildman–Crippen MR) is 127 cm³/mol. The zero-order valence-corrected chi connectivity index (χ0v) is 18.6. The van der Waals surface area contributed by atoms with Crippen LogP contribution >= 0.6 is 0 Å². The number of urea groups is 1. The summed E-state index contributed by atoms with van der Waals surface area (Å²) in [6.07, 6.45) is 0.361. The summed E-state index contributed by atoms with van der Waals surface area (Å²) in [7, 11) is 1.63. The lowest BCUT2D eigenvalue weighted by atomic mass is 10.1. The topological polar surface area (TPSA) is 71.1 Å². The van der Waals surface area contributed by atoms with Crippen molar-refractivity contribution in [3.63, 3.8) is 0 Å². The molecule has 1 heterocycles. The average molecular weight is 446 g/mol. The number of methoxy groups -OCH3 is 1. The SMILES string of the molecule is COc1ccc(CN2CCCN(c3ccc(NC(=O)OCc4ccccc4)cc3)C2=O)cc1. The molecule has 1 saturated heterocycles. The Bertz CT molecular complexity index is 1070. The fourth-order valence-electron chi connectivity index (χ4n) is 3.72. The number of benzene rings is 3. The van der Waals surface area contributed by atoms with Crippen LogP contribution in [0.15, 0.2) is 78.9 Å². The summed E-state index contributed by atoms with van der Waals surface area (Å²) < 4.78 is 10.5. The quantitative estimate of drug-likeness (QED) is 0.537. The Morgan fingerprint density at radius 2 is 1.64 bits per heavy atom. The van der Waals surface area contributed by atoms with Crippen LogP contribution in [0.1, 0.15) is 17.5 Å². The van der Waals surface area contributed by atoms with Crippen molar-refractivity contribution in [2.24, 2.45) is 0 Å². The molecule has 0 aromatic heterocycles. The van der Waals surface area contributed by atoms with Gasteiger partial charge >= 0.3 is 12.1 Å². The Morgan fingerprint density at radius 3 is 2.33 bits per heavy atom. The summed E-state index contributed by atoms with van der Waals surface area (Å²) in [5, 5.41) is 2.72. The highest BCUT2D eigenvalue weighted by molar-refractivity contribution is 5.93. The molecular weight excluding hydrogens is 418 g/mol. The van der Waals surface area contributed by atoms with Crippen molar-refractivity contribution in [1.29, 1.82) is 0 Å². The standard InChI is InChI=1S/C26H27N3O4/c1-32-24-14-8-20(9-15-24)18-28-16-5-17-29(26(28)31)23-12-10-22(11-13-23)27-25(30)33-19-21-6-3-2-4-7-21/h2-4,6-15H,5,16-19H2,1H3,(H,27,30). The normalized spacial score (nSPS) is 13.5. The summed E-state index contributed by atoms with van der Waals surface area (Å²) in [6, 6.07) is 24.4. The number of nitrogens with zero attached hydrogens (tertiary/aromatic N) is 2. The van der Waals surface area contributed by atoms with Gasteiger partial charge in [-0.25, -0.2) is 9.59 Å². The van der Waals surface area contributed by atoms with Crippen molar-refractivity contribution in [3.05, 3.63) is 90.0 Å². The second kappa shape index (κ2) is 10.5. The molecule has 170 valence electrons. The highest BCUT2D eigenvalue weighted by Crippen LogP contribution is 2.24. The number of amides is 3. The van der Waals surface area contributed by atoms with Crippen LogP contribution in [0.5, 0.6) is 5.75 Å². The molecule has 7 heteroatoms. The van der Waals surface area contributed by atoms with Crippen LogP contribution in [-0.2, 0) is 17.9 Å². The fraction of sp³-hybridized carbons (Fsp3) is 0.231. The molecule has 3 aromatic carbocycles.